The number of aliphatic hydroxyl groups excluding tert-OH is 5. The molecule has 0 saturated carbocycles. The number of esters is 1. The van der Waals surface area contributed by atoms with Gasteiger partial charge in [0.05, 0.1) is 32.0 Å². The molecule has 432 valence electrons. The molecule has 0 aromatic rings. The zero-order chi connectivity index (χ0) is 53.1. The molecule has 1 fully saturated rings. The molecule has 7 unspecified atom stereocenters. The zero-order valence-electron chi connectivity index (χ0n) is 47.6. The van der Waals surface area contributed by atoms with Gasteiger partial charge in [-0.3, -0.25) is 9.59 Å². The van der Waals surface area contributed by atoms with Crippen LogP contribution in [0.4, 0.5) is 0 Å². The summed E-state index contributed by atoms with van der Waals surface area (Å²) >= 11 is 0. The van der Waals surface area contributed by atoms with E-state index in [0.717, 1.165) is 57.8 Å². The molecule has 1 amide bonds. The predicted octanol–water partition coefficient (Wildman–Crippen LogP) is 14.7. The lowest BCUT2D eigenvalue weighted by Gasteiger charge is -2.40. The minimum atomic E-state index is -1.57. The maximum atomic E-state index is 13.0. The van der Waals surface area contributed by atoms with E-state index in [0.29, 0.717) is 19.4 Å². The molecule has 0 radical (unpaired) electrons. The number of unbranched alkanes of at least 4 members (excludes halogenated alkanes) is 41. The van der Waals surface area contributed by atoms with Gasteiger partial charge in [0.15, 0.2) is 6.29 Å². The van der Waals surface area contributed by atoms with Gasteiger partial charge in [0.1, 0.15) is 24.4 Å². The van der Waals surface area contributed by atoms with Gasteiger partial charge < -0.3 is 45.1 Å². The van der Waals surface area contributed by atoms with E-state index in [1.54, 1.807) is 6.08 Å². The van der Waals surface area contributed by atoms with Crippen LogP contribution in [0.15, 0.2) is 12.2 Å². The van der Waals surface area contributed by atoms with Gasteiger partial charge in [0.2, 0.25) is 5.91 Å². The molecule has 11 heteroatoms. The van der Waals surface area contributed by atoms with Gasteiger partial charge in [-0.05, 0) is 32.1 Å². The van der Waals surface area contributed by atoms with Gasteiger partial charge in [0.25, 0.3) is 0 Å². The second-order valence-corrected chi connectivity index (χ2v) is 22.1. The van der Waals surface area contributed by atoms with Crippen LogP contribution >= 0.6 is 0 Å². The Hall–Kier alpha value is -1.60. The molecular formula is C62H119NO10. The number of carbonyl (C=O) groups is 2. The highest BCUT2D eigenvalue weighted by Gasteiger charge is 2.44. The number of aliphatic hydroxyl groups is 5. The summed E-state index contributed by atoms with van der Waals surface area (Å²) in [5, 5.41) is 54.4. The summed E-state index contributed by atoms with van der Waals surface area (Å²) in [5.74, 6) is -0.179. The molecule has 0 aromatic carbocycles. The van der Waals surface area contributed by atoms with E-state index in [4.69, 9.17) is 14.2 Å². The molecule has 7 atom stereocenters. The highest BCUT2D eigenvalue weighted by atomic mass is 16.7. The van der Waals surface area contributed by atoms with E-state index < -0.39 is 49.5 Å². The van der Waals surface area contributed by atoms with Crippen molar-refractivity contribution in [1.29, 1.82) is 0 Å². The number of allylic oxidation sites excluding steroid dienone is 1. The molecule has 1 saturated heterocycles. The third-order valence-electron chi connectivity index (χ3n) is 15.2. The minimum Gasteiger partial charge on any atom is -0.466 e. The van der Waals surface area contributed by atoms with Crippen molar-refractivity contribution < 1.29 is 49.3 Å². The zero-order valence-corrected chi connectivity index (χ0v) is 47.6. The Morgan fingerprint density at radius 2 is 0.863 bits per heavy atom. The summed E-state index contributed by atoms with van der Waals surface area (Å²) in [4.78, 5) is 25.1. The first-order valence-electron chi connectivity index (χ1n) is 31.5. The van der Waals surface area contributed by atoms with Gasteiger partial charge in [-0.15, -0.1) is 0 Å². The quantitative estimate of drug-likeness (QED) is 0.0195. The van der Waals surface area contributed by atoms with Crippen molar-refractivity contribution in [2.45, 2.75) is 352 Å². The Morgan fingerprint density at radius 3 is 1.27 bits per heavy atom. The molecular weight excluding hydrogens is 919 g/mol. The molecule has 1 heterocycles. The SMILES string of the molecule is CCCCCCCCCCCC/C=C/C(O)C(COC1OC(CO)C(O)C(O)C1O)NC(=O)CCCCCCCCCCCCCCCCCCCCCCCCOC(=O)CCCCCCCCCCCCC. The number of hydrogen-bond donors (Lipinski definition) is 6. The molecule has 11 nitrogen and oxygen atoms in total. The highest BCUT2D eigenvalue weighted by Crippen LogP contribution is 2.23. The lowest BCUT2D eigenvalue weighted by molar-refractivity contribution is -0.302. The maximum absolute atomic E-state index is 13.0. The van der Waals surface area contributed by atoms with Crippen molar-refractivity contribution >= 4 is 11.9 Å². The first kappa shape index (κ1) is 69.4. The Kier molecular flexibility index (Phi) is 49.9. The Bertz CT molecular complexity index is 1220. The van der Waals surface area contributed by atoms with Crippen molar-refractivity contribution in [1.82, 2.24) is 5.32 Å². The summed E-state index contributed by atoms with van der Waals surface area (Å²) < 4.78 is 16.7. The molecule has 73 heavy (non-hydrogen) atoms. The van der Waals surface area contributed by atoms with Gasteiger partial charge in [-0.2, -0.15) is 0 Å². The maximum Gasteiger partial charge on any atom is 0.305 e. The lowest BCUT2D eigenvalue weighted by Crippen LogP contribution is -2.60. The van der Waals surface area contributed by atoms with Crippen molar-refractivity contribution in [2.24, 2.45) is 0 Å². The van der Waals surface area contributed by atoms with E-state index >= 15 is 0 Å². The molecule has 0 aliphatic carbocycles. The van der Waals surface area contributed by atoms with Crippen LogP contribution in [0, 0.1) is 0 Å². The molecule has 0 aromatic heterocycles. The molecule has 0 spiro atoms. The minimum absolute atomic E-state index is 0.00106. The average Bonchev–Trinajstić information content (AvgIpc) is 3.39. The van der Waals surface area contributed by atoms with E-state index in [9.17, 15) is 35.1 Å². The molecule has 1 aliphatic heterocycles. The summed E-state index contributed by atoms with van der Waals surface area (Å²) in [6.07, 6.45) is 51.7. The summed E-state index contributed by atoms with van der Waals surface area (Å²) in [5.41, 5.74) is 0. The standard InChI is InChI=1S/C62H119NO10/c1-3-5-7-9-11-13-15-29-32-36-40-44-48-55(65)54(53-72-62-61(70)60(69)59(68)56(52-64)73-62)63-57(66)49-45-41-37-33-30-26-24-22-20-18-16-17-19-21-23-25-27-31-35-39-43-47-51-71-58(67)50-46-42-38-34-28-14-12-10-8-6-4-2/h44,48,54-56,59-62,64-65,68-70H,3-43,45-47,49-53H2,1-2H3,(H,63,66)/b48-44+. The number of carbonyl (C=O) groups excluding carboxylic acids is 2. The number of hydrogen-bond acceptors (Lipinski definition) is 10. The first-order valence-corrected chi connectivity index (χ1v) is 31.5. The second-order valence-electron chi connectivity index (χ2n) is 22.1. The van der Waals surface area contributed by atoms with Crippen LogP contribution in [0.25, 0.3) is 0 Å². The summed E-state index contributed by atoms with van der Waals surface area (Å²) in [6, 6.07) is -0.808. The van der Waals surface area contributed by atoms with E-state index in [2.05, 4.69) is 19.2 Å². The predicted molar refractivity (Wildman–Crippen MR) is 301 cm³/mol. The van der Waals surface area contributed by atoms with Gasteiger partial charge >= 0.3 is 5.97 Å². The largest absolute Gasteiger partial charge is 0.466 e. The smallest absolute Gasteiger partial charge is 0.305 e. The molecule has 1 aliphatic rings. The first-order chi connectivity index (χ1) is 35.7. The average molecular weight is 1040 g/mol. The van der Waals surface area contributed by atoms with Crippen LogP contribution in [-0.2, 0) is 23.8 Å². The van der Waals surface area contributed by atoms with Crippen LogP contribution in [0.5, 0.6) is 0 Å². The number of nitrogens with one attached hydrogen (secondary N) is 1. The monoisotopic (exact) mass is 1040 g/mol. The Balaban J connectivity index is 2.03. The van der Waals surface area contributed by atoms with Gasteiger partial charge in [-0.1, -0.05) is 276 Å². The van der Waals surface area contributed by atoms with Crippen molar-refractivity contribution in [3.63, 3.8) is 0 Å². The molecule has 6 N–H and O–H groups in total. The van der Waals surface area contributed by atoms with Crippen LogP contribution < -0.4 is 5.32 Å². The second kappa shape index (κ2) is 52.5. The summed E-state index contributed by atoms with van der Waals surface area (Å²) in [7, 11) is 0. The van der Waals surface area contributed by atoms with Crippen molar-refractivity contribution in [2.75, 3.05) is 19.8 Å². The highest BCUT2D eigenvalue weighted by molar-refractivity contribution is 5.76. The number of rotatable bonds is 55. The van der Waals surface area contributed by atoms with Crippen LogP contribution in [0.2, 0.25) is 0 Å². The molecule has 1 rings (SSSR count). The van der Waals surface area contributed by atoms with E-state index in [1.807, 2.05) is 6.08 Å². The fourth-order valence-electron chi connectivity index (χ4n) is 10.1. The third-order valence-corrected chi connectivity index (χ3v) is 15.2. The van der Waals surface area contributed by atoms with Crippen molar-refractivity contribution in [3.8, 4) is 0 Å². The van der Waals surface area contributed by atoms with Gasteiger partial charge in [0, 0.05) is 12.8 Å². The molecule has 0 bridgehead atoms. The fraction of sp³-hybridized carbons (Fsp3) is 0.935. The van der Waals surface area contributed by atoms with E-state index in [-0.39, 0.29) is 18.5 Å². The van der Waals surface area contributed by atoms with Gasteiger partial charge in [-0.25, -0.2) is 0 Å². The van der Waals surface area contributed by atoms with E-state index in [1.165, 1.54) is 225 Å². The number of ether oxygens (including phenoxy) is 3. The Labute approximate surface area is 448 Å². The van der Waals surface area contributed by atoms with Crippen LogP contribution in [-0.4, -0.2) is 100 Å². The normalized spacial score (nSPS) is 18.9. The topological polar surface area (TPSA) is 175 Å². The number of amides is 1. The fourth-order valence-corrected chi connectivity index (χ4v) is 10.1. The van der Waals surface area contributed by atoms with Crippen LogP contribution in [0.1, 0.15) is 309 Å². The van der Waals surface area contributed by atoms with Crippen LogP contribution in [0.3, 0.4) is 0 Å². The Morgan fingerprint density at radius 1 is 0.493 bits per heavy atom. The third kappa shape index (κ3) is 42.1. The summed E-state index contributed by atoms with van der Waals surface area (Å²) in [6.45, 7) is 4.35. The lowest BCUT2D eigenvalue weighted by atomic mass is 9.99. The van der Waals surface area contributed by atoms with Crippen molar-refractivity contribution in [3.05, 3.63) is 12.2 Å².